The maximum atomic E-state index is 3.30. The van der Waals surface area contributed by atoms with Crippen LogP contribution in [0.1, 0.15) is 12.5 Å². The molecule has 0 amide bonds. The van der Waals surface area contributed by atoms with Crippen molar-refractivity contribution in [3.05, 3.63) is 47.8 Å². The van der Waals surface area contributed by atoms with Gasteiger partial charge in [0, 0.05) is 25.5 Å². The lowest BCUT2D eigenvalue weighted by Crippen LogP contribution is -2.12. The molecule has 1 rings (SSSR count). The van der Waals surface area contributed by atoms with Gasteiger partial charge in [0.05, 0.1) is 0 Å². The first-order chi connectivity index (χ1) is 6.33. The van der Waals surface area contributed by atoms with Crippen LogP contribution in [0.25, 0.3) is 0 Å². The molecule has 70 valence electrons. The van der Waals surface area contributed by atoms with E-state index in [2.05, 4.69) is 22.8 Å². The predicted molar refractivity (Wildman–Crippen MR) is 56.1 cm³/mol. The molecular weight excluding hydrogens is 160 g/mol. The summed E-state index contributed by atoms with van der Waals surface area (Å²) in [5.74, 6) is 0. The number of nitrogens with one attached hydrogen (secondary N) is 2. The Morgan fingerprint density at radius 1 is 1.31 bits per heavy atom. The monoisotopic (exact) mass is 176 g/mol. The van der Waals surface area contributed by atoms with Crippen LogP contribution in [0.3, 0.4) is 0 Å². The maximum Gasteiger partial charge on any atom is 0.0398 e. The van der Waals surface area contributed by atoms with Crippen molar-refractivity contribution in [1.82, 2.24) is 10.6 Å². The summed E-state index contributed by atoms with van der Waals surface area (Å²) in [4.78, 5) is 0. The van der Waals surface area contributed by atoms with Gasteiger partial charge in [-0.2, -0.15) is 0 Å². The molecule has 0 radical (unpaired) electrons. The predicted octanol–water partition coefficient (Wildman–Crippen LogP) is 1.86. The number of benzene rings is 1. The Hall–Kier alpha value is -1.44. The maximum absolute atomic E-state index is 3.30. The van der Waals surface area contributed by atoms with Crippen LogP contribution in [0.4, 0.5) is 0 Å². The molecule has 0 unspecified atom stereocenters. The van der Waals surface area contributed by atoms with Crippen LogP contribution in [0.15, 0.2) is 42.2 Å². The lowest BCUT2D eigenvalue weighted by atomic mass is 10.2. The largest absolute Gasteiger partial charge is 0.393 e. The molecule has 0 bridgehead atoms. The molecule has 0 atom stereocenters. The Morgan fingerprint density at radius 3 is 2.62 bits per heavy atom. The normalized spacial score (nSPS) is 11.1. The molecule has 2 nitrogen and oxygen atoms in total. The highest BCUT2D eigenvalue weighted by Gasteiger charge is 1.89. The summed E-state index contributed by atoms with van der Waals surface area (Å²) in [5, 5.41) is 6.28. The second kappa shape index (κ2) is 5.25. The zero-order valence-electron chi connectivity index (χ0n) is 8.17. The van der Waals surface area contributed by atoms with Gasteiger partial charge < -0.3 is 10.6 Å². The van der Waals surface area contributed by atoms with E-state index in [1.807, 2.05) is 38.4 Å². The molecule has 0 heterocycles. The van der Waals surface area contributed by atoms with E-state index in [1.54, 1.807) is 0 Å². The van der Waals surface area contributed by atoms with Crippen molar-refractivity contribution in [3.8, 4) is 0 Å². The van der Waals surface area contributed by atoms with Crippen LogP contribution < -0.4 is 10.6 Å². The highest BCUT2D eigenvalue weighted by Crippen LogP contribution is 1.98. The van der Waals surface area contributed by atoms with Gasteiger partial charge in [0.1, 0.15) is 0 Å². The van der Waals surface area contributed by atoms with Crippen molar-refractivity contribution in [1.29, 1.82) is 0 Å². The quantitative estimate of drug-likeness (QED) is 0.731. The molecule has 1 aromatic carbocycles. The standard InChI is InChI=1S/C11H16N2/c1-10(8-12-2)13-9-11-6-4-3-5-7-11/h3-8,12-13H,9H2,1-2H3. The Balaban J connectivity index is 2.39. The van der Waals surface area contributed by atoms with E-state index in [0.29, 0.717) is 0 Å². The van der Waals surface area contributed by atoms with Gasteiger partial charge in [-0.05, 0) is 12.5 Å². The Kier molecular flexibility index (Phi) is 3.89. The molecule has 0 saturated carbocycles. The van der Waals surface area contributed by atoms with Gasteiger partial charge in [-0.25, -0.2) is 0 Å². The second-order valence-electron chi connectivity index (χ2n) is 2.96. The minimum atomic E-state index is 0.880. The Labute approximate surface area is 79.7 Å². The fourth-order valence-electron chi connectivity index (χ4n) is 1.10. The summed E-state index contributed by atoms with van der Waals surface area (Å²) in [6.07, 6.45) is 1.95. The van der Waals surface area contributed by atoms with Crippen molar-refractivity contribution in [2.45, 2.75) is 13.5 Å². The third-order valence-corrected chi connectivity index (χ3v) is 1.78. The molecule has 13 heavy (non-hydrogen) atoms. The summed E-state index contributed by atoms with van der Waals surface area (Å²) in [5.41, 5.74) is 2.44. The third-order valence-electron chi connectivity index (χ3n) is 1.78. The van der Waals surface area contributed by atoms with Crippen LogP contribution >= 0.6 is 0 Å². The average Bonchev–Trinajstić information content (AvgIpc) is 2.17. The lowest BCUT2D eigenvalue weighted by Gasteiger charge is -2.05. The average molecular weight is 176 g/mol. The first-order valence-corrected chi connectivity index (χ1v) is 4.45. The molecule has 2 heteroatoms. The molecule has 0 aliphatic heterocycles. The highest BCUT2D eigenvalue weighted by molar-refractivity contribution is 5.15. The molecular formula is C11H16N2. The van der Waals surface area contributed by atoms with Crippen molar-refractivity contribution in [3.63, 3.8) is 0 Å². The Bertz CT molecular complexity index is 265. The second-order valence-corrected chi connectivity index (χ2v) is 2.96. The summed E-state index contributed by atoms with van der Waals surface area (Å²) in [7, 11) is 1.90. The van der Waals surface area contributed by atoms with Gasteiger partial charge in [-0.3, -0.25) is 0 Å². The van der Waals surface area contributed by atoms with Gasteiger partial charge in [0.15, 0.2) is 0 Å². The van der Waals surface area contributed by atoms with E-state index < -0.39 is 0 Å². The highest BCUT2D eigenvalue weighted by atomic mass is 14.9. The summed E-state index contributed by atoms with van der Waals surface area (Å²) < 4.78 is 0. The molecule has 2 N–H and O–H groups in total. The van der Waals surface area contributed by atoms with Gasteiger partial charge in [-0.15, -0.1) is 0 Å². The van der Waals surface area contributed by atoms with Crippen LogP contribution in [0.2, 0.25) is 0 Å². The molecule has 0 aromatic heterocycles. The third kappa shape index (κ3) is 3.65. The van der Waals surface area contributed by atoms with Gasteiger partial charge in [-0.1, -0.05) is 30.3 Å². The first kappa shape index (κ1) is 9.65. The molecule has 0 fully saturated rings. The van der Waals surface area contributed by atoms with E-state index in [0.717, 1.165) is 12.2 Å². The molecule has 0 spiro atoms. The van der Waals surface area contributed by atoms with Crippen LogP contribution in [-0.4, -0.2) is 7.05 Å². The first-order valence-electron chi connectivity index (χ1n) is 4.45. The van der Waals surface area contributed by atoms with E-state index in [1.165, 1.54) is 5.56 Å². The van der Waals surface area contributed by atoms with Crippen molar-refractivity contribution < 1.29 is 0 Å². The number of hydrogen-bond acceptors (Lipinski definition) is 2. The van der Waals surface area contributed by atoms with Crippen LogP contribution in [0, 0.1) is 0 Å². The number of rotatable bonds is 4. The fourth-order valence-corrected chi connectivity index (χ4v) is 1.10. The van der Waals surface area contributed by atoms with Gasteiger partial charge >= 0.3 is 0 Å². The minimum absolute atomic E-state index is 0.880. The van der Waals surface area contributed by atoms with Crippen molar-refractivity contribution in [2.24, 2.45) is 0 Å². The SMILES string of the molecule is CNC=C(C)NCc1ccccc1. The van der Waals surface area contributed by atoms with Crippen LogP contribution in [0.5, 0.6) is 0 Å². The van der Waals surface area contributed by atoms with E-state index in [-0.39, 0.29) is 0 Å². The van der Waals surface area contributed by atoms with Crippen molar-refractivity contribution >= 4 is 0 Å². The summed E-state index contributed by atoms with van der Waals surface area (Å²) in [6, 6.07) is 10.3. The molecule has 1 aromatic rings. The van der Waals surface area contributed by atoms with Gasteiger partial charge in [0.25, 0.3) is 0 Å². The zero-order valence-corrected chi connectivity index (χ0v) is 8.17. The zero-order chi connectivity index (χ0) is 9.52. The fraction of sp³-hybridized carbons (Fsp3) is 0.273. The molecule has 0 aliphatic carbocycles. The number of allylic oxidation sites excluding steroid dienone is 1. The number of hydrogen-bond donors (Lipinski definition) is 2. The van der Waals surface area contributed by atoms with Crippen molar-refractivity contribution in [2.75, 3.05) is 7.05 Å². The molecule has 0 aliphatic rings. The molecule has 0 saturated heterocycles. The summed E-state index contributed by atoms with van der Waals surface area (Å²) in [6.45, 7) is 2.92. The van der Waals surface area contributed by atoms with E-state index in [9.17, 15) is 0 Å². The smallest absolute Gasteiger partial charge is 0.0398 e. The lowest BCUT2D eigenvalue weighted by molar-refractivity contribution is 0.799. The topological polar surface area (TPSA) is 24.1 Å². The summed E-state index contributed by atoms with van der Waals surface area (Å²) >= 11 is 0. The van der Waals surface area contributed by atoms with Crippen LogP contribution in [-0.2, 0) is 6.54 Å². The van der Waals surface area contributed by atoms with E-state index >= 15 is 0 Å². The van der Waals surface area contributed by atoms with Gasteiger partial charge in [0.2, 0.25) is 0 Å². The minimum Gasteiger partial charge on any atom is -0.393 e. The Morgan fingerprint density at radius 2 is 2.00 bits per heavy atom. The van der Waals surface area contributed by atoms with E-state index in [4.69, 9.17) is 0 Å².